The Morgan fingerprint density at radius 1 is 1.03 bits per heavy atom. The number of rotatable bonds is 5. The minimum atomic E-state index is -4.99. The summed E-state index contributed by atoms with van der Waals surface area (Å²) in [6.07, 6.45) is -4.99. The average Bonchev–Trinajstić information content (AvgIpc) is 2.78. The Balaban J connectivity index is 1.81. The van der Waals surface area contributed by atoms with Gasteiger partial charge in [0.15, 0.2) is 0 Å². The number of hydrogen-bond donors (Lipinski definition) is 1. The van der Waals surface area contributed by atoms with Gasteiger partial charge in [0.1, 0.15) is 22.8 Å². The van der Waals surface area contributed by atoms with E-state index in [0.717, 1.165) is 13.1 Å². The van der Waals surface area contributed by atoms with Gasteiger partial charge < -0.3 is 23.9 Å². The zero-order valence-electron chi connectivity index (χ0n) is 18.1. The van der Waals surface area contributed by atoms with Crippen molar-refractivity contribution in [1.29, 1.82) is 0 Å². The molecule has 2 heterocycles. The van der Waals surface area contributed by atoms with E-state index in [1.807, 2.05) is 11.9 Å². The van der Waals surface area contributed by atoms with Crippen molar-refractivity contribution >= 4 is 11.0 Å². The van der Waals surface area contributed by atoms with Crippen LogP contribution in [0.5, 0.6) is 23.0 Å². The Morgan fingerprint density at radius 3 is 2.27 bits per heavy atom. The molecule has 3 aromatic rings. The van der Waals surface area contributed by atoms with Crippen molar-refractivity contribution < 1.29 is 32.2 Å². The van der Waals surface area contributed by atoms with E-state index in [1.54, 1.807) is 0 Å². The van der Waals surface area contributed by atoms with Gasteiger partial charge in [0.05, 0.1) is 18.1 Å². The molecule has 10 heteroatoms. The maximum absolute atomic E-state index is 13.9. The Bertz CT molecular complexity index is 1200. The lowest BCUT2D eigenvalue weighted by Crippen LogP contribution is -2.43. The molecule has 4 rings (SSSR count). The molecule has 1 aromatic heterocycles. The number of piperazine rings is 1. The highest BCUT2D eigenvalue weighted by Gasteiger charge is 2.41. The van der Waals surface area contributed by atoms with Crippen LogP contribution >= 0.6 is 0 Å². The van der Waals surface area contributed by atoms with Crippen molar-refractivity contribution in [2.75, 3.05) is 40.3 Å². The van der Waals surface area contributed by atoms with Gasteiger partial charge >= 0.3 is 6.18 Å². The van der Waals surface area contributed by atoms with Gasteiger partial charge in [-0.2, -0.15) is 13.2 Å². The molecule has 0 bridgehead atoms. The van der Waals surface area contributed by atoms with Gasteiger partial charge in [0, 0.05) is 32.7 Å². The number of nitrogens with zero attached hydrogens (tertiary/aromatic N) is 2. The number of phenolic OH excluding ortho intramolecular Hbond substituents is 1. The number of hydrogen-bond acceptors (Lipinski definition) is 7. The molecule has 1 saturated heterocycles. The number of benzene rings is 2. The smallest absolute Gasteiger partial charge is 0.453 e. The predicted molar refractivity (Wildman–Crippen MR) is 115 cm³/mol. The number of ether oxygens (including phenoxy) is 2. The van der Waals surface area contributed by atoms with E-state index in [9.17, 15) is 23.1 Å². The third kappa shape index (κ3) is 4.76. The molecular formula is C23H23F3N2O5. The predicted octanol–water partition coefficient (Wildman–Crippen LogP) is 4.07. The monoisotopic (exact) mass is 464 g/mol. The van der Waals surface area contributed by atoms with Crippen molar-refractivity contribution in [1.82, 2.24) is 9.80 Å². The number of halogens is 3. The number of aromatic hydroxyl groups is 1. The molecule has 0 saturated carbocycles. The molecule has 0 aliphatic carbocycles. The van der Waals surface area contributed by atoms with Crippen LogP contribution < -0.4 is 14.9 Å². The van der Waals surface area contributed by atoms with Crippen LogP contribution in [0.3, 0.4) is 0 Å². The first-order valence-corrected chi connectivity index (χ1v) is 10.3. The molecule has 33 heavy (non-hydrogen) atoms. The van der Waals surface area contributed by atoms with Crippen LogP contribution in [0.2, 0.25) is 0 Å². The molecule has 1 aliphatic heterocycles. The maximum atomic E-state index is 13.9. The highest BCUT2D eigenvalue weighted by Crippen LogP contribution is 2.40. The molecule has 7 nitrogen and oxygen atoms in total. The summed E-state index contributed by atoms with van der Waals surface area (Å²) in [5.41, 5.74) is -1.14. The fraction of sp³-hybridized carbons (Fsp3) is 0.348. The fourth-order valence-electron chi connectivity index (χ4n) is 3.71. The molecule has 1 fully saturated rings. The number of likely N-dealkylation sites (N-methyl/N-ethyl adjacent to an activating group) is 1. The molecular weight excluding hydrogens is 441 g/mol. The van der Waals surface area contributed by atoms with E-state index in [1.165, 1.54) is 43.5 Å². The normalized spacial score (nSPS) is 15.7. The quantitative estimate of drug-likeness (QED) is 0.610. The number of alkyl halides is 3. The minimum absolute atomic E-state index is 0.0180. The second-order valence-corrected chi connectivity index (χ2v) is 7.88. The maximum Gasteiger partial charge on any atom is 0.453 e. The summed E-state index contributed by atoms with van der Waals surface area (Å²) in [7, 11) is 3.43. The topological polar surface area (TPSA) is 75.4 Å². The highest BCUT2D eigenvalue weighted by molar-refractivity contribution is 5.83. The SMILES string of the molecule is COc1ccc(Oc2c(C(F)(F)F)oc3c(CN4CCN(C)CC4)c(O)ccc3c2=O)cc1. The summed E-state index contributed by atoms with van der Waals surface area (Å²) in [5, 5.41) is 10.3. The van der Waals surface area contributed by atoms with Crippen molar-refractivity contribution in [2.24, 2.45) is 0 Å². The first kappa shape index (κ1) is 22.9. The standard InChI is InChI=1S/C23H23F3N2O5/c1-27-9-11-28(12-10-27)13-17-18(29)8-7-16-19(30)21(22(23(24,25)26)33-20(16)17)32-15-5-3-14(31-2)4-6-15/h3-8,29H,9-13H2,1-2H3. The molecule has 0 unspecified atom stereocenters. The van der Waals surface area contributed by atoms with Gasteiger partial charge in [-0.15, -0.1) is 0 Å². The minimum Gasteiger partial charge on any atom is -0.507 e. The molecule has 2 aromatic carbocycles. The van der Waals surface area contributed by atoms with Gasteiger partial charge in [-0.05, 0) is 43.4 Å². The summed E-state index contributed by atoms with van der Waals surface area (Å²) in [6, 6.07) is 8.30. The Kier molecular flexibility index (Phi) is 6.22. The van der Waals surface area contributed by atoms with Gasteiger partial charge in [-0.3, -0.25) is 9.69 Å². The third-order valence-electron chi connectivity index (χ3n) is 5.61. The molecule has 0 spiro atoms. The summed E-state index contributed by atoms with van der Waals surface area (Å²) in [4.78, 5) is 17.2. The van der Waals surface area contributed by atoms with Crippen molar-refractivity contribution in [3.8, 4) is 23.0 Å². The van der Waals surface area contributed by atoms with Crippen LogP contribution in [-0.2, 0) is 12.7 Å². The summed E-state index contributed by atoms with van der Waals surface area (Å²) in [6.45, 7) is 3.05. The second kappa shape index (κ2) is 8.95. The first-order chi connectivity index (χ1) is 15.7. The van der Waals surface area contributed by atoms with Crippen LogP contribution in [0.4, 0.5) is 13.2 Å². The molecule has 0 radical (unpaired) electrons. The average molecular weight is 464 g/mol. The van der Waals surface area contributed by atoms with E-state index in [4.69, 9.17) is 13.9 Å². The van der Waals surface area contributed by atoms with Crippen LogP contribution in [0.1, 0.15) is 11.3 Å². The summed E-state index contributed by atoms with van der Waals surface area (Å²) >= 11 is 0. The Morgan fingerprint density at radius 2 is 1.67 bits per heavy atom. The molecule has 0 amide bonds. The Hall–Kier alpha value is -3.24. The molecule has 1 N–H and O–H groups in total. The molecule has 0 atom stereocenters. The van der Waals surface area contributed by atoms with E-state index in [-0.39, 0.29) is 34.6 Å². The van der Waals surface area contributed by atoms with Crippen molar-refractivity contribution in [3.63, 3.8) is 0 Å². The number of fused-ring (bicyclic) bond motifs is 1. The Labute approximate surface area is 187 Å². The number of methoxy groups -OCH3 is 1. The van der Waals surface area contributed by atoms with Crippen LogP contribution in [0.25, 0.3) is 11.0 Å². The largest absolute Gasteiger partial charge is 0.507 e. The zero-order chi connectivity index (χ0) is 23.8. The summed E-state index contributed by atoms with van der Waals surface area (Å²) < 4.78 is 57.3. The van der Waals surface area contributed by atoms with Crippen molar-refractivity contribution in [2.45, 2.75) is 12.7 Å². The zero-order valence-corrected chi connectivity index (χ0v) is 18.1. The van der Waals surface area contributed by atoms with Crippen LogP contribution in [0, 0.1) is 0 Å². The highest BCUT2D eigenvalue weighted by atomic mass is 19.4. The van der Waals surface area contributed by atoms with Gasteiger partial charge in [0.25, 0.3) is 5.76 Å². The van der Waals surface area contributed by atoms with Gasteiger partial charge in [0.2, 0.25) is 11.2 Å². The second-order valence-electron chi connectivity index (χ2n) is 7.88. The lowest BCUT2D eigenvalue weighted by atomic mass is 10.1. The van der Waals surface area contributed by atoms with E-state index >= 15 is 0 Å². The van der Waals surface area contributed by atoms with E-state index in [0.29, 0.717) is 18.8 Å². The lowest BCUT2D eigenvalue weighted by molar-refractivity contribution is -0.154. The van der Waals surface area contributed by atoms with Gasteiger partial charge in [-0.25, -0.2) is 0 Å². The molecule has 1 aliphatic rings. The van der Waals surface area contributed by atoms with Crippen LogP contribution in [0.15, 0.2) is 45.6 Å². The van der Waals surface area contributed by atoms with Crippen LogP contribution in [-0.4, -0.2) is 55.2 Å². The summed E-state index contributed by atoms with van der Waals surface area (Å²) in [5.74, 6) is -2.25. The number of phenols is 1. The van der Waals surface area contributed by atoms with E-state index in [2.05, 4.69) is 4.90 Å². The molecule has 176 valence electrons. The first-order valence-electron chi connectivity index (χ1n) is 10.3. The third-order valence-corrected chi connectivity index (χ3v) is 5.61. The van der Waals surface area contributed by atoms with E-state index < -0.39 is 23.1 Å². The fourth-order valence-corrected chi connectivity index (χ4v) is 3.71. The van der Waals surface area contributed by atoms with Crippen molar-refractivity contribution in [3.05, 3.63) is 57.9 Å². The van der Waals surface area contributed by atoms with Gasteiger partial charge in [-0.1, -0.05) is 0 Å². The lowest BCUT2D eigenvalue weighted by Gasteiger charge is -2.32.